The van der Waals surface area contributed by atoms with Gasteiger partial charge in [0.2, 0.25) is 0 Å². The molecule has 1 aromatic heterocycles. The van der Waals surface area contributed by atoms with Crippen molar-refractivity contribution in [2.45, 2.75) is 25.0 Å². The highest BCUT2D eigenvalue weighted by atomic mass is 35.5. The summed E-state index contributed by atoms with van der Waals surface area (Å²) in [4.78, 5) is 28.2. The van der Waals surface area contributed by atoms with E-state index >= 15 is 0 Å². The van der Waals surface area contributed by atoms with E-state index in [4.69, 9.17) is 26.1 Å². The summed E-state index contributed by atoms with van der Waals surface area (Å²) in [5.41, 5.74) is 3.69. The molecule has 0 atom stereocenters. The highest BCUT2D eigenvalue weighted by Crippen LogP contribution is 2.37. The number of rotatable bonds is 12. The predicted molar refractivity (Wildman–Crippen MR) is 158 cm³/mol. The molecule has 1 amide bonds. The van der Waals surface area contributed by atoms with Crippen molar-refractivity contribution in [3.8, 4) is 34.0 Å². The molecular weight excluding hydrogens is 552 g/mol. The summed E-state index contributed by atoms with van der Waals surface area (Å²) >= 11 is 7.40. The van der Waals surface area contributed by atoms with E-state index < -0.39 is 10.8 Å². The molecule has 0 fully saturated rings. The fourth-order valence-corrected chi connectivity index (χ4v) is 5.24. The number of carbonyl (C=O) groups is 1. The maximum atomic E-state index is 12.6. The minimum Gasteiger partial charge on any atom is -0.497 e. The molecular formula is C29H29ClN4O5S. The monoisotopic (exact) mass is 580 g/mol. The summed E-state index contributed by atoms with van der Waals surface area (Å²) in [5, 5.41) is 14.8. The summed E-state index contributed by atoms with van der Waals surface area (Å²) in [6, 6.07) is 19.7. The zero-order valence-electron chi connectivity index (χ0n) is 22.3. The Morgan fingerprint density at radius 2 is 1.65 bits per heavy atom. The lowest BCUT2D eigenvalue weighted by Crippen LogP contribution is -2.25. The van der Waals surface area contributed by atoms with Crippen LogP contribution in [0.5, 0.6) is 11.5 Å². The number of nitro groups is 1. The Morgan fingerprint density at radius 1 is 1.02 bits per heavy atom. The van der Waals surface area contributed by atoms with Crippen LogP contribution in [0.1, 0.15) is 23.7 Å². The third kappa shape index (κ3) is 6.57. The maximum absolute atomic E-state index is 12.6. The lowest BCUT2D eigenvalue weighted by Gasteiger charge is -2.13. The number of amides is 1. The van der Waals surface area contributed by atoms with Gasteiger partial charge in [-0.05, 0) is 67.1 Å². The minimum absolute atomic E-state index is 0.0137. The molecule has 0 spiro atoms. The number of hydrogen-bond donors (Lipinski definition) is 1. The SMILES string of the molecule is CCCn1c(SCCNC(=O)c2ccc(Cl)c([N+](=O)[O-])c2)nc(-c2ccc(OC)cc2)c1-c1ccc(OC)cc1. The summed E-state index contributed by atoms with van der Waals surface area (Å²) in [5.74, 6) is 1.67. The normalized spacial score (nSPS) is 10.8. The fourth-order valence-electron chi connectivity index (χ4n) is 4.17. The quantitative estimate of drug-likeness (QED) is 0.0856. The van der Waals surface area contributed by atoms with Crippen molar-refractivity contribution in [2.75, 3.05) is 26.5 Å². The first kappa shape index (κ1) is 29.0. The molecule has 0 saturated heterocycles. The van der Waals surface area contributed by atoms with E-state index in [0.717, 1.165) is 52.1 Å². The Balaban J connectivity index is 1.58. The molecule has 11 heteroatoms. The topological polar surface area (TPSA) is 109 Å². The molecule has 0 aliphatic carbocycles. The molecule has 0 radical (unpaired) electrons. The number of carbonyl (C=O) groups excluding carboxylic acids is 1. The van der Waals surface area contributed by atoms with Gasteiger partial charge in [-0.1, -0.05) is 30.3 Å². The van der Waals surface area contributed by atoms with E-state index in [2.05, 4.69) is 16.8 Å². The number of hydrogen-bond acceptors (Lipinski definition) is 7. The number of nitro benzene ring substituents is 1. The molecule has 0 aliphatic heterocycles. The molecule has 4 rings (SSSR count). The van der Waals surface area contributed by atoms with Gasteiger partial charge in [0.25, 0.3) is 11.6 Å². The lowest BCUT2D eigenvalue weighted by atomic mass is 10.0. The van der Waals surface area contributed by atoms with Crippen LogP contribution in [0.3, 0.4) is 0 Å². The van der Waals surface area contributed by atoms with E-state index in [0.29, 0.717) is 12.3 Å². The largest absolute Gasteiger partial charge is 0.497 e. The lowest BCUT2D eigenvalue weighted by molar-refractivity contribution is -0.384. The molecule has 0 saturated carbocycles. The Labute approximate surface area is 241 Å². The second kappa shape index (κ2) is 13.4. The van der Waals surface area contributed by atoms with E-state index in [1.165, 1.54) is 30.0 Å². The molecule has 40 heavy (non-hydrogen) atoms. The second-order valence-electron chi connectivity index (χ2n) is 8.73. The van der Waals surface area contributed by atoms with Crippen LogP contribution in [-0.4, -0.2) is 46.9 Å². The average molecular weight is 581 g/mol. The Morgan fingerprint density at radius 3 is 2.23 bits per heavy atom. The molecule has 0 bridgehead atoms. The number of methoxy groups -OCH3 is 2. The van der Waals surface area contributed by atoms with Crippen molar-refractivity contribution in [3.05, 3.63) is 87.4 Å². The van der Waals surface area contributed by atoms with Crippen molar-refractivity contribution >= 4 is 35.0 Å². The Kier molecular flexibility index (Phi) is 9.68. The smallest absolute Gasteiger partial charge is 0.288 e. The molecule has 0 aliphatic rings. The zero-order valence-corrected chi connectivity index (χ0v) is 23.9. The molecule has 9 nitrogen and oxygen atoms in total. The number of benzene rings is 3. The first-order valence-corrected chi connectivity index (χ1v) is 14.0. The van der Waals surface area contributed by atoms with Crippen molar-refractivity contribution in [3.63, 3.8) is 0 Å². The third-order valence-corrected chi connectivity index (χ3v) is 7.43. The van der Waals surface area contributed by atoms with Crippen LogP contribution in [0, 0.1) is 10.1 Å². The number of imidazole rings is 1. The van der Waals surface area contributed by atoms with Gasteiger partial charge in [0.1, 0.15) is 16.5 Å². The number of nitrogens with zero attached hydrogens (tertiary/aromatic N) is 3. The van der Waals surface area contributed by atoms with Gasteiger partial charge in [0, 0.05) is 41.6 Å². The maximum Gasteiger partial charge on any atom is 0.288 e. The molecule has 4 aromatic rings. The van der Waals surface area contributed by atoms with Gasteiger partial charge >= 0.3 is 0 Å². The molecule has 0 unspecified atom stereocenters. The van der Waals surface area contributed by atoms with Crippen molar-refractivity contribution in [1.82, 2.24) is 14.9 Å². The first-order valence-electron chi connectivity index (χ1n) is 12.6. The van der Waals surface area contributed by atoms with Crippen LogP contribution in [0.2, 0.25) is 5.02 Å². The second-order valence-corrected chi connectivity index (χ2v) is 10.2. The van der Waals surface area contributed by atoms with Crippen LogP contribution >= 0.6 is 23.4 Å². The van der Waals surface area contributed by atoms with Gasteiger partial charge in [-0.25, -0.2) is 4.98 Å². The summed E-state index contributed by atoms with van der Waals surface area (Å²) in [7, 11) is 3.27. The highest BCUT2D eigenvalue weighted by molar-refractivity contribution is 7.99. The van der Waals surface area contributed by atoms with E-state index in [-0.39, 0.29) is 16.3 Å². The fraction of sp³-hybridized carbons (Fsp3) is 0.241. The highest BCUT2D eigenvalue weighted by Gasteiger charge is 2.21. The van der Waals surface area contributed by atoms with Crippen LogP contribution in [0.15, 0.2) is 71.9 Å². The van der Waals surface area contributed by atoms with E-state index in [9.17, 15) is 14.9 Å². The van der Waals surface area contributed by atoms with Crippen molar-refractivity contribution in [2.24, 2.45) is 0 Å². The number of nitrogens with one attached hydrogen (secondary N) is 1. The number of halogens is 1. The van der Waals surface area contributed by atoms with Crippen LogP contribution in [0.25, 0.3) is 22.5 Å². The minimum atomic E-state index is -0.608. The van der Waals surface area contributed by atoms with E-state index in [1.807, 2.05) is 48.5 Å². The van der Waals surface area contributed by atoms with Gasteiger partial charge in [-0.2, -0.15) is 0 Å². The van der Waals surface area contributed by atoms with Crippen LogP contribution in [0.4, 0.5) is 5.69 Å². The molecule has 3 aromatic carbocycles. The standard InChI is InChI=1S/C29H29ClN4O5S/c1-4-16-33-27(20-7-12-23(39-3)13-8-20)26(19-5-10-22(38-2)11-6-19)32-29(33)40-17-15-31-28(35)21-9-14-24(30)25(18-21)34(36)37/h5-14,18H,4,15-17H2,1-3H3,(H,31,35). The third-order valence-electron chi connectivity index (χ3n) is 6.13. The number of thioether (sulfide) groups is 1. The molecule has 1 heterocycles. The van der Waals surface area contributed by atoms with Crippen molar-refractivity contribution < 1.29 is 19.2 Å². The summed E-state index contributed by atoms with van der Waals surface area (Å²) < 4.78 is 12.9. The molecule has 208 valence electrons. The van der Waals surface area contributed by atoms with Gasteiger partial charge in [0.05, 0.1) is 30.5 Å². The first-order chi connectivity index (χ1) is 19.4. The summed E-state index contributed by atoms with van der Waals surface area (Å²) in [6.45, 7) is 3.22. The van der Waals surface area contributed by atoms with Crippen LogP contribution < -0.4 is 14.8 Å². The van der Waals surface area contributed by atoms with Gasteiger partial charge < -0.3 is 19.4 Å². The molecule has 1 N–H and O–H groups in total. The summed E-state index contributed by atoms with van der Waals surface area (Å²) in [6.07, 6.45) is 0.904. The van der Waals surface area contributed by atoms with E-state index in [1.54, 1.807) is 14.2 Å². The van der Waals surface area contributed by atoms with Gasteiger partial charge in [-0.15, -0.1) is 0 Å². The van der Waals surface area contributed by atoms with Crippen molar-refractivity contribution in [1.29, 1.82) is 0 Å². The zero-order chi connectivity index (χ0) is 28.6. The number of aromatic nitrogens is 2. The van der Waals surface area contributed by atoms with Gasteiger partial charge in [0.15, 0.2) is 5.16 Å². The Bertz CT molecular complexity index is 1490. The average Bonchev–Trinajstić information content (AvgIpc) is 3.33. The van der Waals surface area contributed by atoms with Crippen LogP contribution in [-0.2, 0) is 6.54 Å². The predicted octanol–water partition coefficient (Wildman–Crippen LogP) is 6.73. The Hall–Kier alpha value is -4.02. The number of ether oxygens (including phenoxy) is 2. The van der Waals surface area contributed by atoms with Gasteiger partial charge in [-0.3, -0.25) is 14.9 Å².